The van der Waals surface area contributed by atoms with E-state index in [9.17, 15) is 0 Å². The molecule has 0 bridgehead atoms. The predicted octanol–water partition coefficient (Wildman–Crippen LogP) is 2.75. The molecule has 23 heavy (non-hydrogen) atoms. The van der Waals surface area contributed by atoms with Gasteiger partial charge in [0.1, 0.15) is 6.17 Å². The Bertz CT molecular complexity index is 742. The van der Waals surface area contributed by atoms with Crippen LogP contribution in [0.25, 0.3) is 0 Å². The van der Waals surface area contributed by atoms with Gasteiger partial charge in [-0.3, -0.25) is 4.90 Å². The van der Waals surface area contributed by atoms with E-state index in [-0.39, 0.29) is 12.1 Å². The van der Waals surface area contributed by atoms with Crippen LogP contribution in [0.3, 0.4) is 0 Å². The number of nitrogens with zero attached hydrogens (tertiary/aromatic N) is 3. The van der Waals surface area contributed by atoms with Gasteiger partial charge in [-0.15, -0.1) is 0 Å². The van der Waals surface area contributed by atoms with Gasteiger partial charge in [0, 0.05) is 10.7 Å². The zero-order chi connectivity index (χ0) is 16.2. The normalized spacial score (nSPS) is 17.6. The fourth-order valence-corrected chi connectivity index (χ4v) is 2.81. The predicted molar refractivity (Wildman–Crippen MR) is 95.7 cm³/mol. The molecule has 2 aromatic rings. The summed E-state index contributed by atoms with van der Waals surface area (Å²) in [6.07, 6.45) is 1.44. The Labute approximate surface area is 140 Å². The van der Waals surface area contributed by atoms with Crippen molar-refractivity contribution in [3.8, 4) is 0 Å². The van der Waals surface area contributed by atoms with Gasteiger partial charge in [0.05, 0.1) is 0 Å². The molecule has 1 aliphatic rings. The van der Waals surface area contributed by atoms with E-state index in [2.05, 4.69) is 22.1 Å². The summed E-state index contributed by atoms with van der Waals surface area (Å²) >= 11 is 6.09. The molecule has 0 aromatic heterocycles. The third-order valence-corrected chi connectivity index (χ3v) is 3.91. The summed E-state index contributed by atoms with van der Waals surface area (Å²) in [5.41, 5.74) is 14.0. The molecule has 2 aromatic carbocycles. The van der Waals surface area contributed by atoms with E-state index in [0.717, 1.165) is 18.5 Å². The highest BCUT2D eigenvalue weighted by Gasteiger charge is 2.25. The maximum Gasteiger partial charge on any atom is 0.220 e. The molecule has 0 aliphatic carbocycles. The highest BCUT2D eigenvalue weighted by molar-refractivity contribution is 6.31. The fourth-order valence-electron chi connectivity index (χ4n) is 2.63. The van der Waals surface area contributed by atoms with Crippen LogP contribution in [-0.4, -0.2) is 18.1 Å². The number of hydrogen-bond acceptors (Lipinski definition) is 5. The molecule has 0 radical (unpaired) electrons. The lowest BCUT2D eigenvalue weighted by Crippen LogP contribution is -2.48. The van der Waals surface area contributed by atoms with Crippen molar-refractivity contribution in [2.75, 3.05) is 4.90 Å². The largest absolute Gasteiger partial charge is 0.369 e. The number of hydrogen-bond donors (Lipinski definition) is 2. The third kappa shape index (κ3) is 3.63. The summed E-state index contributed by atoms with van der Waals surface area (Å²) in [7, 11) is 0. The molecule has 0 saturated heterocycles. The Hall–Kier alpha value is -2.53. The number of nitrogens with two attached hydrogens (primary N) is 2. The monoisotopic (exact) mass is 327 g/mol. The average Bonchev–Trinajstić information content (AvgIpc) is 2.53. The van der Waals surface area contributed by atoms with Crippen LogP contribution in [0.4, 0.5) is 5.69 Å². The number of guanidine groups is 2. The van der Waals surface area contributed by atoms with E-state index in [0.29, 0.717) is 11.0 Å². The van der Waals surface area contributed by atoms with E-state index in [4.69, 9.17) is 23.1 Å². The van der Waals surface area contributed by atoms with Crippen molar-refractivity contribution in [3.05, 3.63) is 65.2 Å². The van der Waals surface area contributed by atoms with Gasteiger partial charge in [-0.2, -0.15) is 4.99 Å². The Morgan fingerprint density at radius 1 is 1.04 bits per heavy atom. The summed E-state index contributed by atoms with van der Waals surface area (Å²) in [6.45, 7) is 0. The second-order valence-electron chi connectivity index (χ2n) is 5.31. The van der Waals surface area contributed by atoms with Gasteiger partial charge in [0.15, 0.2) is 0 Å². The van der Waals surface area contributed by atoms with Gasteiger partial charge >= 0.3 is 0 Å². The van der Waals surface area contributed by atoms with Crippen molar-refractivity contribution in [1.29, 1.82) is 0 Å². The van der Waals surface area contributed by atoms with E-state index in [1.165, 1.54) is 5.56 Å². The van der Waals surface area contributed by atoms with Gasteiger partial charge in [0.2, 0.25) is 11.9 Å². The number of anilines is 1. The minimum atomic E-state index is -0.203. The summed E-state index contributed by atoms with van der Waals surface area (Å²) < 4.78 is 0. The molecule has 0 fully saturated rings. The van der Waals surface area contributed by atoms with Crippen LogP contribution < -0.4 is 16.4 Å². The molecule has 0 spiro atoms. The first-order valence-electron chi connectivity index (χ1n) is 7.39. The van der Waals surface area contributed by atoms with Crippen LogP contribution in [0.15, 0.2) is 64.6 Å². The maximum atomic E-state index is 6.09. The van der Waals surface area contributed by atoms with Crippen molar-refractivity contribution in [2.24, 2.45) is 21.5 Å². The molecule has 1 unspecified atom stereocenters. The average molecular weight is 328 g/mol. The molecule has 0 saturated carbocycles. The number of halogens is 1. The zero-order valence-electron chi connectivity index (χ0n) is 12.6. The van der Waals surface area contributed by atoms with Crippen LogP contribution in [0.1, 0.15) is 12.0 Å². The molecule has 118 valence electrons. The molecule has 1 aliphatic heterocycles. The summed E-state index contributed by atoms with van der Waals surface area (Å²) in [4.78, 5) is 10.4. The Morgan fingerprint density at radius 3 is 2.57 bits per heavy atom. The van der Waals surface area contributed by atoms with E-state index >= 15 is 0 Å². The molecule has 4 N–H and O–H groups in total. The molecule has 1 heterocycles. The lowest BCUT2D eigenvalue weighted by molar-refractivity contribution is 0.623. The lowest BCUT2D eigenvalue weighted by atomic mass is 10.1. The van der Waals surface area contributed by atoms with Gasteiger partial charge in [-0.25, -0.2) is 4.99 Å². The number of benzene rings is 2. The lowest BCUT2D eigenvalue weighted by Gasteiger charge is -2.32. The van der Waals surface area contributed by atoms with Crippen molar-refractivity contribution in [1.82, 2.24) is 0 Å². The standard InChI is InChI=1S/C17H18ClN5/c18-13-7-4-8-14(11-13)23-15(21-16(19)22-17(23)20)10-9-12-5-2-1-3-6-12/h1-8,11,15H,9-10H2,(H4,19,20,21,22). The maximum absolute atomic E-state index is 6.09. The highest BCUT2D eigenvalue weighted by atomic mass is 35.5. The Balaban J connectivity index is 1.84. The minimum Gasteiger partial charge on any atom is -0.369 e. The highest BCUT2D eigenvalue weighted by Crippen LogP contribution is 2.25. The Morgan fingerprint density at radius 2 is 1.83 bits per heavy atom. The smallest absolute Gasteiger partial charge is 0.220 e. The molecule has 3 rings (SSSR count). The van der Waals surface area contributed by atoms with Gasteiger partial charge < -0.3 is 11.5 Å². The Kier molecular flexibility index (Phi) is 4.48. The van der Waals surface area contributed by atoms with Crippen LogP contribution in [0.5, 0.6) is 0 Å². The molecule has 1 atom stereocenters. The molecular formula is C17H18ClN5. The second-order valence-corrected chi connectivity index (χ2v) is 5.75. The SMILES string of the molecule is NC1=NC(CCc2ccccc2)N(c2cccc(Cl)c2)C(N)=N1. The first-order valence-corrected chi connectivity index (χ1v) is 7.77. The van der Waals surface area contributed by atoms with Gasteiger partial charge in [0.25, 0.3) is 0 Å². The first kappa shape index (κ1) is 15.4. The van der Waals surface area contributed by atoms with Gasteiger partial charge in [-0.05, 0) is 36.6 Å². The summed E-state index contributed by atoms with van der Waals surface area (Å²) in [5, 5.41) is 0.639. The summed E-state index contributed by atoms with van der Waals surface area (Å²) in [6, 6.07) is 17.7. The first-order chi connectivity index (χ1) is 11.1. The number of rotatable bonds is 4. The van der Waals surface area contributed by atoms with Crippen molar-refractivity contribution in [2.45, 2.75) is 19.0 Å². The number of aliphatic imine (C=N–C) groups is 2. The van der Waals surface area contributed by atoms with Gasteiger partial charge in [-0.1, -0.05) is 48.0 Å². The third-order valence-electron chi connectivity index (χ3n) is 3.68. The van der Waals surface area contributed by atoms with Crippen molar-refractivity contribution < 1.29 is 0 Å². The van der Waals surface area contributed by atoms with Crippen LogP contribution in [0.2, 0.25) is 5.02 Å². The summed E-state index contributed by atoms with van der Waals surface area (Å²) in [5.74, 6) is 0.539. The second kappa shape index (κ2) is 6.71. The van der Waals surface area contributed by atoms with Crippen molar-refractivity contribution >= 4 is 29.2 Å². The molecule has 5 nitrogen and oxygen atoms in total. The minimum absolute atomic E-state index is 0.203. The van der Waals surface area contributed by atoms with E-state index < -0.39 is 0 Å². The van der Waals surface area contributed by atoms with E-state index in [1.54, 1.807) is 0 Å². The van der Waals surface area contributed by atoms with Crippen LogP contribution in [0, 0.1) is 0 Å². The molecular weight excluding hydrogens is 310 g/mol. The van der Waals surface area contributed by atoms with Crippen LogP contribution >= 0.6 is 11.6 Å². The quantitative estimate of drug-likeness (QED) is 0.906. The number of aryl methyl sites for hydroxylation is 1. The van der Waals surface area contributed by atoms with Crippen LogP contribution in [-0.2, 0) is 6.42 Å². The fraction of sp³-hybridized carbons (Fsp3) is 0.176. The van der Waals surface area contributed by atoms with Crippen molar-refractivity contribution in [3.63, 3.8) is 0 Å². The van der Waals surface area contributed by atoms with E-state index in [1.807, 2.05) is 47.4 Å². The zero-order valence-corrected chi connectivity index (χ0v) is 13.3. The molecule has 0 amide bonds. The topological polar surface area (TPSA) is 80.0 Å². The molecule has 6 heteroatoms.